The Morgan fingerprint density at radius 3 is 2.62 bits per heavy atom. The molecule has 0 bridgehead atoms. The molecule has 1 amide bonds. The van der Waals surface area contributed by atoms with E-state index in [0.717, 1.165) is 37.5 Å². The summed E-state index contributed by atoms with van der Waals surface area (Å²) in [5.74, 6) is -0.433. The van der Waals surface area contributed by atoms with Gasteiger partial charge < -0.3 is 15.3 Å². The van der Waals surface area contributed by atoms with Gasteiger partial charge in [0.15, 0.2) is 0 Å². The maximum absolute atomic E-state index is 11.8. The summed E-state index contributed by atoms with van der Waals surface area (Å²) in [6, 6.07) is 9.09. The molecule has 7 heteroatoms. The molecule has 32 heavy (non-hydrogen) atoms. The first-order valence-electron chi connectivity index (χ1n) is 11.9. The lowest BCUT2D eigenvalue weighted by Gasteiger charge is -2.47. The van der Waals surface area contributed by atoms with Crippen LogP contribution in [0.3, 0.4) is 0 Å². The lowest BCUT2D eigenvalue weighted by atomic mass is 9.78. The fourth-order valence-electron chi connectivity index (χ4n) is 6.76. The maximum Gasteiger partial charge on any atom is 0.331 e. The summed E-state index contributed by atoms with van der Waals surface area (Å²) < 4.78 is 0. The Hall–Kier alpha value is -2.05. The Balaban J connectivity index is 1.42. The normalized spacial score (nSPS) is 33.2. The van der Waals surface area contributed by atoms with E-state index in [2.05, 4.69) is 27.2 Å². The van der Waals surface area contributed by atoms with E-state index >= 15 is 0 Å². The molecule has 3 aliphatic carbocycles. The molecule has 1 aliphatic heterocycles. The van der Waals surface area contributed by atoms with E-state index in [1.54, 1.807) is 6.08 Å². The monoisotopic (exact) mass is 457 g/mol. The predicted octanol–water partition coefficient (Wildman–Crippen LogP) is 3.70. The molecule has 3 fully saturated rings. The van der Waals surface area contributed by atoms with Crippen LogP contribution in [0.5, 0.6) is 0 Å². The van der Waals surface area contributed by atoms with Crippen LogP contribution in [-0.4, -0.2) is 60.1 Å². The number of hydrogen-bond acceptors (Lipinski definition) is 4. The smallest absolute Gasteiger partial charge is 0.331 e. The lowest BCUT2D eigenvalue weighted by Crippen LogP contribution is -2.58. The molecule has 1 spiro atoms. The topological polar surface area (TPSA) is 72.9 Å². The maximum atomic E-state index is 11.8. The lowest BCUT2D eigenvalue weighted by molar-refractivity contribution is -0.133. The van der Waals surface area contributed by atoms with Crippen LogP contribution in [0.4, 0.5) is 5.69 Å². The zero-order valence-electron chi connectivity index (χ0n) is 18.4. The van der Waals surface area contributed by atoms with E-state index in [9.17, 15) is 14.7 Å². The molecule has 172 valence electrons. The fraction of sp³-hybridized carbons (Fsp3) is 0.600. The van der Waals surface area contributed by atoms with E-state index in [1.807, 2.05) is 12.1 Å². The summed E-state index contributed by atoms with van der Waals surface area (Å²) in [6.07, 6.45) is 9.84. The van der Waals surface area contributed by atoms with Crippen molar-refractivity contribution in [1.29, 1.82) is 0 Å². The van der Waals surface area contributed by atoms with Gasteiger partial charge in [0.25, 0.3) is 0 Å². The van der Waals surface area contributed by atoms with E-state index < -0.39 is 5.97 Å². The number of amides is 1. The summed E-state index contributed by atoms with van der Waals surface area (Å²) in [5, 5.41) is 13.4. The van der Waals surface area contributed by atoms with Crippen molar-refractivity contribution in [3.63, 3.8) is 0 Å². The Morgan fingerprint density at radius 1 is 1.19 bits per heavy atom. The van der Waals surface area contributed by atoms with Gasteiger partial charge in [-0.1, -0.05) is 30.5 Å². The largest absolute Gasteiger partial charge is 0.478 e. The summed E-state index contributed by atoms with van der Waals surface area (Å²) in [6.45, 7) is 2.95. The van der Waals surface area contributed by atoms with Gasteiger partial charge in [0.05, 0.1) is 0 Å². The van der Waals surface area contributed by atoms with Gasteiger partial charge in [0.2, 0.25) is 6.41 Å². The molecule has 1 saturated heterocycles. The number of rotatable bonds is 6. The number of anilines is 1. The molecule has 4 unspecified atom stereocenters. The SMILES string of the molecule is O=CNC1CC=C(C(=O)O)CC12CC2C1CN(c2ccc(Cl)cc2)CCN1C1CCCC1. The van der Waals surface area contributed by atoms with Crippen LogP contribution in [0.1, 0.15) is 44.9 Å². The van der Waals surface area contributed by atoms with Crippen LogP contribution in [0.25, 0.3) is 0 Å². The highest BCUT2D eigenvalue weighted by molar-refractivity contribution is 6.30. The van der Waals surface area contributed by atoms with E-state index in [1.165, 1.54) is 31.4 Å². The molecule has 6 nitrogen and oxygen atoms in total. The third-order valence-corrected chi connectivity index (χ3v) is 8.70. The number of carboxylic acids is 1. The zero-order chi connectivity index (χ0) is 22.3. The van der Waals surface area contributed by atoms with Crippen LogP contribution in [0.2, 0.25) is 5.02 Å². The number of hydrogen-bond donors (Lipinski definition) is 2. The number of halogens is 1. The first-order valence-corrected chi connectivity index (χ1v) is 12.3. The molecule has 1 aromatic carbocycles. The predicted molar refractivity (Wildman–Crippen MR) is 125 cm³/mol. The van der Waals surface area contributed by atoms with E-state index in [-0.39, 0.29) is 11.5 Å². The first kappa shape index (κ1) is 21.8. The second kappa shape index (κ2) is 8.71. The molecule has 2 saturated carbocycles. The van der Waals surface area contributed by atoms with Gasteiger partial charge in [-0.3, -0.25) is 9.69 Å². The third-order valence-electron chi connectivity index (χ3n) is 8.45. The third kappa shape index (κ3) is 3.92. The number of benzene rings is 1. The van der Waals surface area contributed by atoms with Crippen molar-refractivity contribution < 1.29 is 14.7 Å². The molecule has 4 aliphatic rings. The summed E-state index contributed by atoms with van der Waals surface area (Å²) in [7, 11) is 0. The minimum atomic E-state index is -0.821. The van der Waals surface area contributed by atoms with Crippen LogP contribution < -0.4 is 10.2 Å². The number of carbonyl (C=O) groups is 2. The number of nitrogens with zero attached hydrogens (tertiary/aromatic N) is 2. The van der Waals surface area contributed by atoms with Gasteiger partial charge in [-0.15, -0.1) is 0 Å². The van der Waals surface area contributed by atoms with E-state index in [4.69, 9.17) is 11.6 Å². The molecule has 1 heterocycles. The summed E-state index contributed by atoms with van der Waals surface area (Å²) in [4.78, 5) is 28.3. The zero-order valence-corrected chi connectivity index (χ0v) is 19.1. The molecule has 4 atom stereocenters. The Bertz CT molecular complexity index is 898. The molecular weight excluding hydrogens is 426 g/mol. The molecule has 2 N–H and O–H groups in total. The number of nitrogens with one attached hydrogen (secondary N) is 1. The second-order valence-electron chi connectivity index (χ2n) is 9.99. The van der Waals surface area contributed by atoms with Crippen LogP contribution in [-0.2, 0) is 9.59 Å². The summed E-state index contributed by atoms with van der Waals surface area (Å²) >= 11 is 6.12. The fourth-order valence-corrected chi connectivity index (χ4v) is 6.88. The summed E-state index contributed by atoms with van der Waals surface area (Å²) in [5.41, 5.74) is 1.56. The average Bonchev–Trinajstić information content (AvgIpc) is 3.23. The highest BCUT2D eigenvalue weighted by atomic mass is 35.5. The highest BCUT2D eigenvalue weighted by Gasteiger charge is 2.64. The number of piperazine rings is 1. The Kier molecular flexibility index (Phi) is 5.93. The van der Waals surface area contributed by atoms with Gasteiger partial charge in [0.1, 0.15) is 0 Å². The van der Waals surface area contributed by atoms with Crippen molar-refractivity contribution in [1.82, 2.24) is 10.2 Å². The first-order chi connectivity index (χ1) is 15.5. The van der Waals surface area contributed by atoms with E-state index in [0.29, 0.717) is 36.4 Å². The van der Waals surface area contributed by atoms with Gasteiger partial charge in [-0.2, -0.15) is 0 Å². The van der Waals surface area contributed by atoms with Crippen molar-refractivity contribution >= 4 is 29.7 Å². The second-order valence-corrected chi connectivity index (χ2v) is 10.4. The minimum Gasteiger partial charge on any atom is -0.478 e. The number of carbonyl (C=O) groups excluding carboxylic acids is 1. The highest BCUT2D eigenvalue weighted by Crippen LogP contribution is 2.64. The van der Waals surface area contributed by atoms with Crippen LogP contribution in [0, 0.1) is 11.3 Å². The van der Waals surface area contributed by atoms with Gasteiger partial charge in [0, 0.05) is 54.0 Å². The van der Waals surface area contributed by atoms with Crippen LogP contribution in [0.15, 0.2) is 35.9 Å². The van der Waals surface area contributed by atoms with Gasteiger partial charge >= 0.3 is 5.97 Å². The minimum absolute atomic E-state index is 0.0180. The van der Waals surface area contributed by atoms with Crippen molar-refractivity contribution in [2.75, 3.05) is 24.5 Å². The Labute approximate surface area is 194 Å². The van der Waals surface area contributed by atoms with Crippen LogP contribution >= 0.6 is 11.6 Å². The van der Waals surface area contributed by atoms with Gasteiger partial charge in [-0.05, 0) is 67.7 Å². The molecule has 5 rings (SSSR count). The number of aliphatic carboxylic acids is 1. The van der Waals surface area contributed by atoms with Crippen molar-refractivity contribution in [3.8, 4) is 0 Å². The molecule has 0 aromatic heterocycles. The molecular formula is C25H32ClN3O3. The van der Waals surface area contributed by atoms with Crippen molar-refractivity contribution in [2.45, 2.75) is 63.1 Å². The quantitative estimate of drug-likeness (QED) is 0.637. The van der Waals surface area contributed by atoms with Gasteiger partial charge in [-0.25, -0.2) is 4.79 Å². The van der Waals surface area contributed by atoms with Crippen molar-refractivity contribution in [3.05, 3.63) is 40.9 Å². The molecule has 0 radical (unpaired) electrons. The molecule has 1 aromatic rings. The average molecular weight is 458 g/mol. The standard InChI is InChI=1S/C25H32ClN3O3/c26-18-6-8-19(9-7-18)28-11-12-29(20-3-1-2-4-20)22(15-28)21-14-25(21)13-17(24(31)32)5-10-23(25)27-16-30/h5-9,16,20-23H,1-4,10-15H2,(H,27,30)(H,31,32). The number of carboxylic acid groups (broad SMARTS) is 1. The Morgan fingerprint density at radius 2 is 1.94 bits per heavy atom. The van der Waals surface area contributed by atoms with Crippen molar-refractivity contribution in [2.24, 2.45) is 11.3 Å².